The van der Waals surface area contributed by atoms with Crippen molar-refractivity contribution in [2.75, 3.05) is 0 Å². The van der Waals surface area contributed by atoms with Crippen LogP contribution in [0.2, 0.25) is 0 Å². The number of alkyl halides is 1. The van der Waals surface area contributed by atoms with Crippen LogP contribution in [0.25, 0.3) is 0 Å². The van der Waals surface area contributed by atoms with E-state index >= 15 is 0 Å². The van der Waals surface area contributed by atoms with Crippen molar-refractivity contribution in [3.05, 3.63) is 53.6 Å². The standard InChI is InChI=1S/C13H13BrN2O/c1-10-2-3-13(12(8-14)16-10)17-9-11-4-6-15-7-5-11/h2-7H,8-9H2,1H3. The largest absolute Gasteiger partial charge is 0.487 e. The van der Waals surface area contributed by atoms with Crippen molar-refractivity contribution >= 4 is 15.9 Å². The van der Waals surface area contributed by atoms with E-state index in [1.807, 2.05) is 31.2 Å². The summed E-state index contributed by atoms with van der Waals surface area (Å²) < 4.78 is 5.75. The van der Waals surface area contributed by atoms with Crippen molar-refractivity contribution < 1.29 is 4.74 Å². The molecule has 0 radical (unpaired) electrons. The Balaban J connectivity index is 2.09. The Hall–Kier alpha value is -1.42. The van der Waals surface area contributed by atoms with Crippen LogP contribution >= 0.6 is 15.9 Å². The van der Waals surface area contributed by atoms with E-state index in [9.17, 15) is 0 Å². The van der Waals surface area contributed by atoms with E-state index in [1.54, 1.807) is 12.4 Å². The number of halogens is 1. The van der Waals surface area contributed by atoms with Crippen molar-refractivity contribution in [2.24, 2.45) is 0 Å². The molecule has 0 spiro atoms. The lowest BCUT2D eigenvalue weighted by atomic mass is 10.3. The summed E-state index contributed by atoms with van der Waals surface area (Å²) in [6, 6.07) is 7.79. The molecule has 0 saturated carbocycles. The van der Waals surface area contributed by atoms with Crippen molar-refractivity contribution in [3.63, 3.8) is 0 Å². The van der Waals surface area contributed by atoms with Crippen LogP contribution in [0.5, 0.6) is 5.75 Å². The topological polar surface area (TPSA) is 35.0 Å². The maximum absolute atomic E-state index is 5.75. The van der Waals surface area contributed by atoms with Gasteiger partial charge in [0.1, 0.15) is 12.4 Å². The predicted molar refractivity (Wildman–Crippen MR) is 70.2 cm³/mol. The van der Waals surface area contributed by atoms with Crippen LogP contribution in [0.3, 0.4) is 0 Å². The van der Waals surface area contributed by atoms with Crippen LogP contribution in [-0.4, -0.2) is 9.97 Å². The quantitative estimate of drug-likeness (QED) is 0.812. The predicted octanol–water partition coefficient (Wildman–Crippen LogP) is 3.26. The highest BCUT2D eigenvalue weighted by atomic mass is 79.9. The van der Waals surface area contributed by atoms with E-state index in [4.69, 9.17) is 4.74 Å². The minimum Gasteiger partial charge on any atom is -0.487 e. The molecular weight excluding hydrogens is 280 g/mol. The summed E-state index contributed by atoms with van der Waals surface area (Å²) in [4.78, 5) is 8.39. The van der Waals surface area contributed by atoms with Gasteiger partial charge in [-0.25, -0.2) is 0 Å². The van der Waals surface area contributed by atoms with Crippen LogP contribution in [0, 0.1) is 6.92 Å². The highest BCUT2D eigenvalue weighted by Gasteiger charge is 2.04. The van der Waals surface area contributed by atoms with E-state index in [-0.39, 0.29) is 0 Å². The minimum absolute atomic E-state index is 0.535. The van der Waals surface area contributed by atoms with Gasteiger partial charge < -0.3 is 4.74 Å². The molecule has 0 saturated heterocycles. The minimum atomic E-state index is 0.535. The fourth-order valence-electron chi connectivity index (χ4n) is 1.46. The molecule has 0 fully saturated rings. The van der Waals surface area contributed by atoms with Gasteiger partial charge in [-0.1, -0.05) is 15.9 Å². The summed E-state index contributed by atoms with van der Waals surface area (Å²) in [5, 5.41) is 0.695. The number of hydrogen-bond acceptors (Lipinski definition) is 3. The summed E-state index contributed by atoms with van der Waals surface area (Å²) >= 11 is 3.42. The highest BCUT2D eigenvalue weighted by Crippen LogP contribution is 2.20. The van der Waals surface area contributed by atoms with Crippen LogP contribution in [0.15, 0.2) is 36.7 Å². The second kappa shape index (κ2) is 5.77. The second-order valence-corrected chi connectivity index (χ2v) is 4.24. The molecule has 2 heterocycles. The third kappa shape index (κ3) is 3.27. The molecule has 2 aromatic rings. The second-order valence-electron chi connectivity index (χ2n) is 3.68. The maximum atomic E-state index is 5.75. The molecule has 0 unspecified atom stereocenters. The zero-order valence-corrected chi connectivity index (χ0v) is 11.1. The summed E-state index contributed by atoms with van der Waals surface area (Å²) in [6.45, 7) is 2.51. The monoisotopic (exact) mass is 292 g/mol. The third-order valence-corrected chi connectivity index (χ3v) is 2.87. The number of nitrogens with zero attached hydrogens (tertiary/aromatic N) is 2. The molecule has 0 amide bonds. The fourth-order valence-corrected chi connectivity index (χ4v) is 1.87. The van der Waals surface area contributed by atoms with Crippen molar-refractivity contribution in [3.8, 4) is 5.75 Å². The van der Waals surface area contributed by atoms with E-state index in [0.29, 0.717) is 11.9 Å². The fraction of sp³-hybridized carbons (Fsp3) is 0.231. The Kier molecular flexibility index (Phi) is 4.09. The molecule has 0 N–H and O–H groups in total. The van der Waals surface area contributed by atoms with Gasteiger partial charge in [0.25, 0.3) is 0 Å². The summed E-state index contributed by atoms with van der Waals surface area (Å²) in [7, 11) is 0. The van der Waals surface area contributed by atoms with Gasteiger partial charge >= 0.3 is 0 Å². The van der Waals surface area contributed by atoms with Gasteiger partial charge in [0, 0.05) is 23.4 Å². The summed E-state index contributed by atoms with van der Waals surface area (Å²) in [5.41, 5.74) is 3.02. The third-order valence-electron chi connectivity index (χ3n) is 2.34. The maximum Gasteiger partial charge on any atom is 0.142 e. The van der Waals surface area contributed by atoms with Crippen molar-refractivity contribution in [1.29, 1.82) is 0 Å². The zero-order valence-electron chi connectivity index (χ0n) is 9.56. The summed E-state index contributed by atoms with van der Waals surface area (Å²) in [6.07, 6.45) is 3.52. The van der Waals surface area contributed by atoms with E-state index in [0.717, 1.165) is 22.7 Å². The molecule has 0 aliphatic heterocycles. The number of ether oxygens (including phenoxy) is 1. The average Bonchev–Trinajstić information content (AvgIpc) is 2.38. The van der Waals surface area contributed by atoms with Gasteiger partial charge in [-0.05, 0) is 36.8 Å². The lowest BCUT2D eigenvalue weighted by Crippen LogP contribution is -2.00. The molecule has 88 valence electrons. The van der Waals surface area contributed by atoms with Crippen LogP contribution in [-0.2, 0) is 11.9 Å². The highest BCUT2D eigenvalue weighted by molar-refractivity contribution is 9.08. The Morgan fingerprint density at radius 1 is 1.18 bits per heavy atom. The molecule has 2 rings (SSSR count). The van der Waals surface area contributed by atoms with Crippen LogP contribution < -0.4 is 4.74 Å². The number of hydrogen-bond donors (Lipinski definition) is 0. The zero-order chi connectivity index (χ0) is 12.1. The number of aromatic nitrogens is 2. The Labute approximate surface area is 109 Å². The number of rotatable bonds is 4. The molecular formula is C13H13BrN2O. The van der Waals surface area contributed by atoms with Gasteiger partial charge in [0.15, 0.2) is 0 Å². The first-order chi connectivity index (χ1) is 8.29. The molecule has 0 atom stereocenters. The molecule has 0 aromatic carbocycles. The number of pyridine rings is 2. The lowest BCUT2D eigenvalue weighted by Gasteiger charge is -2.09. The van der Waals surface area contributed by atoms with Gasteiger partial charge in [0.2, 0.25) is 0 Å². The van der Waals surface area contributed by atoms with E-state index in [2.05, 4.69) is 25.9 Å². The van der Waals surface area contributed by atoms with Gasteiger partial charge in [-0.3, -0.25) is 9.97 Å². The molecule has 0 aliphatic rings. The van der Waals surface area contributed by atoms with Gasteiger partial charge in [-0.15, -0.1) is 0 Å². The van der Waals surface area contributed by atoms with Crippen molar-refractivity contribution in [1.82, 2.24) is 9.97 Å². The first kappa shape index (κ1) is 12.0. The van der Waals surface area contributed by atoms with E-state index < -0.39 is 0 Å². The SMILES string of the molecule is Cc1ccc(OCc2ccncc2)c(CBr)n1. The normalized spacial score (nSPS) is 10.2. The first-order valence-corrected chi connectivity index (χ1v) is 6.46. The van der Waals surface area contributed by atoms with E-state index in [1.165, 1.54) is 0 Å². The molecule has 17 heavy (non-hydrogen) atoms. The van der Waals surface area contributed by atoms with Gasteiger partial charge in [-0.2, -0.15) is 0 Å². The average molecular weight is 293 g/mol. The Morgan fingerprint density at radius 2 is 1.94 bits per heavy atom. The molecule has 3 nitrogen and oxygen atoms in total. The molecule has 0 bridgehead atoms. The Bertz CT molecular complexity index is 488. The van der Waals surface area contributed by atoms with Gasteiger partial charge in [0.05, 0.1) is 5.69 Å². The lowest BCUT2D eigenvalue weighted by molar-refractivity contribution is 0.302. The van der Waals surface area contributed by atoms with Crippen LogP contribution in [0.4, 0.5) is 0 Å². The van der Waals surface area contributed by atoms with Crippen molar-refractivity contribution in [2.45, 2.75) is 18.9 Å². The number of aryl methyl sites for hydroxylation is 1. The molecule has 2 aromatic heterocycles. The Morgan fingerprint density at radius 3 is 2.65 bits per heavy atom. The smallest absolute Gasteiger partial charge is 0.142 e. The molecule has 4 heteroatoms. The molecule has 0 aliphatic carbocycles. The summed E-state index contributed by atoms with van der Waals surface area (Å²) in [5.74, 6) is 0.823. The van der Waals surface area contributed by atoms with Crippen LogP contribution in [0.1, 0.15) is 17.0 Å². The first-order valence-electron chi connectivity index (χ1n) is 5.34.